The number of carboxylic acids is 2. The van der Waals surface area contributed by atoms with Crippen LogP contribution in [0.15, 0.2) is 0 Å². The van der Waals surface area contributed by atoms with E-state index in [9.17, 15) is 9.59 Å². The Bertz CT molecular complexity index is 149. The van der Waals surface area contributed by atoms with Crippen LogP contribution >= 0.6 is 0 Å². The summed E-state index contributed by atoms with van der Waals surface area (Å²) in [6.45, 7) is 0. The number of nitrogens with two attached hydrogens (primary N) is 1. The Morgan fingerprint density at radius 3 is 2.09 bits per heavy atom. The molecule has 1 atom stereocenters. The second kappa shape index (κ2) is 6.14. The molecule has 0 saturated heterocycles. The van der Waals surface area contributed by atoms with Gasteiger partial charge in [-0.2, -0.15) is 0 Å². The SMILES string of the molecule is N[C@@H](CCC(=O)O)C(=O)O.[Co+3]. The Morgan fingerprint density at radius 1 is 1.36 bits per heavy atom. The number of hydrogen-bond acceptors (Lipinski definition) is 3. The Kier molecular flexibility index (Phi) is 7.27. The summed E-state index contributed by atoms with van der Waals surface area (Å²) in [7, 11) is 0. The van der Waals surface area contributed by atoms with Gasteiger partial charge in [0.15, 0.2) is 0 Å². The normalized spacial score (nSPS) is 11.4. The van der Waals surface area contributed by atoms with E-state index < -0.39 is 18.0 Å². The maximum Gasteiger partial charge on any atom is 3.00 e. The van der Waals surface area contributed by atoms with Crippen molar-refractivity contribution in [1.29, 1.82) is 0 Å². The molecule has 0 spiro atoms. The summed E-state index contributed by atoms with van der Waals surface area (Å²) in [5.74, 6) is -2.20. The first-order valence-electron chi connectivity index (χ1n) is 2.74. The molecular weight excluding hydrogens is 197 g/mol. The van der Waals surface area contributed by atoms with Crippen LogP contribution in [0.2, 0.25) is 0 Å². The zero-order valence-corrected chi connectivity index (χ0v) is 6.65. The van der Waals surface area contributed by atoms with Crippen LogP contribution in [0.25, 0.3) is 0 Å². The smallest absolute Gasteiger partial charge is 0.481 e. The summed E-state index contributed by atoms with van der Waals surface area (Å²) in [6.07, 6.45) is -0.224. The number of rotatable bonds is 4. The van der Waals surface area contributed by atoms with Gasteiger partial charge in [-0.3, -0.25) is 9.59 Å². The standard InChI is InChI=1S/C5H9NO4.Co/c6-3(5(9)10)1-2-4(7)8;/h3H,1-2,6H2,(H,7,8)(H,9,10);/q;+3/t3-;/m0./s1. The van der Waals surface area contributed by atoms with Gasteiger partial charge in [0.05, 0.1) is 0 Å². The van der Waals surface area contributed by atoms with Crippen LogP contribution < -0.4 is 5.73 Å². The van der Waals surface area contributed by atoms with E-state index in [1.807, 2.05) is 0 Å². The average molecular weight is 206 g/mol. The van der Waals surface area contributed by atoms with E-state index >= 15 is 0 Å². The van der Waals surface area contributed by atoms with Gasteiger partial charge in [-0.25, -0.2) is 0 Å². The van der Waals surface area contributed by atoms with Gasteiger partial charge in [-0.1, -0.05) is 0 Å². The molecule has 0 heterocycles. The Balaban J connectivity index is 0. The van der Waals surface area contributed by atoms with Gasteiger partial charge in [-0.05, 0) is 6.42 Å². The van der Waals surface area contributed by atoms with Gasteiger partial charge in [0.2, 0.25) is 0 Å². The molecule has 0 aliphatic rings. The number of carboxylic acid groups (broad SMARTS) is 2. The molecule has 0 saturated carbocycles. The van der Waals surface area contributed by atoms with Crippen molar-refractivity contribution in [3.63, 3.8) is 0 Å². The van der Waals surface area contributed by atoms with E-state index in [1.165, 1.54) is 0 Å². The molecular formula is C5H9CoNO4+3. The van der Waals surface area contributed by atoms with Crippen LogP contribution in [0.3, 0.4) is 0 Å². The molecule has 0 radical (unpaired) electrons. The summed E-state index contributed by atoms with van der Waals surface area (Å²) in [6, 6.07) is -1.06. The van der Waals surface area contributed by atoms with Gasteiger partial charge in [0, 0.05) is 6.42 Å². The topological polar surface area (TPSA) is 101 Å². The summed E-state index contributed by atoms with van der Waals surface area (Å²) < 4.78 is 0. The third kappa shape index (κ3) is 7.30. The van der Waals surface area contributed by atoms with E-state index in [1.54, 1.807) is 0 Å². The zero-order valence-electron chi connectivity index (χ0n) is 5.61. The third-order valence-electron chi connectivity index (χ3n) is 0.986. The molecule has 0 aromatic carbocycles. The fourth-order valence-electron chi connectivity index (χ4n) is 0.402. The monoisotopic (exact) mass is 206 g/mol. The van der Waals surface area contributed by atoms with Crippen LogP contribution in [-0.4, -0.2) is 28.2 Å². The number of hydrogen-bond donors (Lipinski definition) is 3. The minimum atomic E-state index is -1.17. The maximum absolute atomic E-state index is 9.99. The van der Waals surface area contributed by atoms with Crippen molar-refractivity contribution < 1.29 is 36.6 Å². The molecule has 0 bridgehead atoms. The molecule has 0 aromatic heterocycles. The summed E-state index contributed by atoms with van der Waals surface area (Å²) >= 11 is 0. The Hall–Kier alpha value is -0.594. The van der Waals surface area contributed by atoms with Crippen molar-refractivity contribution in [2.45, 2.75) is 18.9 Å². The minimum Gasteiger partial charge on any atom is -0.481 e. The predicted molar refractivity (Wildman–Crippen MR) is 32.5 cm³/mol. The van der Waals surface area contributed by atoms with Crippen molar-refractivity contribution in [2.75, 3.05) is 0 Å². The molecule has 0 aliphatic carbocycles. The molecule has 5 nitrogen and oxygen atoms in total. The van der Waals surface area contributed by atoms with Crippen LogP contribution in [0.5, 0.6) is 0 Å². The summed E-state index contributed by atoms with van der Waals surface area (Å²) in [5, 5.41) is 16.3. The quantitative estimate of drug-likeness (QED) is 0.562. The van der Waals surface area contributed by atoms with Crippen molar-refractivity contribution >= 4 is 11.9 Å². The average Bonchev–Trinajstić information content (AvgIpc) is 1.82. The van der Waals surface area contributed by atoms with Gasteiger partial charge in [-0.15, -0.1) is 0 Å². The third-order valence-corrected chi connectivity index (χ3v) is 0.986. The van der Waals surface area contributed by atoms with Gasteiger partial charge in [0.1, 0.15) is 6.04 Å². The molecule has 0 unspecified atom stereocenters. The molecule has 0 aliphatic heterocycles. The molecule has 0 aromatic rings. The molecule has 0 rings (SSSR count). The van der Waals surface area contributed by atoms with Crippen molar-refractivity contribution in [3.8, 4) is 0 Å². The van der Waals surface area contributed by atoms with Gasteiger partial charge >= 0.3 is 28.7 Å². The van der Waals surface area contributed by atoms with E-state index in [0.29, 0.717) is 0 Å². The predicted octanol–water partition coefficient (Wildman–Crippen LogP) is -0.739. The van der Waals surface area contributed by atoms with Crippen LogP contribution in [-0.2, 0) is 26.4 Å². The van der Waals surface area contributed by atoms with E-state index in [0.717, 1.165) is 0 Å². The van der Waals surface area contributed by atoms with E-state index in [2.05, 4.69) is 0 Å². The molecule has 11 heavy (non-hydrogen) atoms. The first-order chi connectivity index (χ1) is 4.54. The number of aliphatic carboxylic acids is 2. The van der Waals surface area contributed by atoms with Crippen LogP contribution in [0, 0.1) is 0 Å². The first kappa shape index (κ1) is 13.0. The maximum atomic E-state index is 9.99. The molecule has 6 heteroatoms. The molecule has 64 valence electrons. The Morgan fingerprint density at radius 2 is 1.82 bits per heavy atom. The Labute approximate surface area is 73.8 Å². The first-order valence-corrected chi connectivity index (χ1v) is 2.74. The van der Waals surface area contributed by atoms with Gasteiger partial charge < -0.3 is 15.9 Å². The summed E-state index contributed by atoms with van der Waals surface area (Å²) in [5.41, 5.74) is 5.00. The minimum absolute atomic E-state index is 0. The van der Waals surface area contributed by atoms with Crippen molar-refractivity contribution in [1.82, 2.24) is 0 Å². The largest absolute Gasteiger partial charge is 3.00 e. The van der Waals surface area contributed by atoms with Crippen LogP contribution in [0.1, 0.15) is 12.8 Å². The second-order valence-electron chi connectivity index (χ2n) is 1.88. The van der Waals surface area contributed by atoms with Crippen molar-refractivity contribution in [3.05, 3.63) is 0 Å². The van der Waals surface area contributed by atoms with E-state index in [-0.39, 0.29) is 29.6 Å². The molecule has 0 amide bonds. The van der Waals surface area contributed by atoms with Crippen molar-refractivity contribution in [2.24, 2.45) is 5.73 Å². The summed E-state index contributed by atoms with van der Waals surface area (Å²) in [4.78, 5) is 19.9. The zero-order chi connectivity index (χ0) is 8.15. The van der Waals surface area contributed by atoms with Gasteiger partial charge in [0.25, 0.3) is 0 Å². The molecule has 0 fully saturated rings. The van der Waals surface area contributed by atoms with Crippen LogP contribution in [0.4, 0.5) is 0 Å². The second-order valence-corrected chi connectivity index (χ2v) is 1.88. The number of carbonyl (C=O) groups is 2. The fraction of sp³-hybridized carbons (Fsp3) is 0.600. The molecule has 4 N–H and O–H groups in total. The van der Waals surface area contributed by atoms with E-state index in [4.69, 9.17) is 15.9 Å². The fourth-order valence-corrected chi connectivity index (χ4v) is 0.402.